The first kappa shape index (κ1) is 15.5. The minimum absolute atomic E-state index is 0.0636. The highest BCUT2D eigenvalue weighted by atomic mass is 79.9. The van der Waals surface area contributed by atoms with E-state index in [-0.39, 0.29) is 5.75 Å². The fourth-order valence-corrected chi connectivity index (χ4v) is 2.03. The highest BCUT2D eigenvalue weighted by molar-refractivity contribution is 9.10. The first-order valence-corrected chi connectivity index (χ1v) is 7.32. The molecule has 0 saturated carbocycles. The lowest BCUT2D eigenvalue weighted by atomic mass is 10.1. The summed E-state index contributed by atoms with van der Waals surface area (Å²) in [6.45, 7) is 5.73. The molecule has 0 amide bonds. The summed E-state index contributed by atoms with van der Waals surface area (Å²) >= 11 is 3.43. The van der Waals surface area contributed by atoms with Crippen LogP contribution in [0.4, 0.5) is 0 Å². The van der Waals surface area contributed by atoms with Crippen LogP contribution in [0.3, 0.4) is 0 Å². The molecule has 0 bridgehead atoms. The fraction of sp³-hybridized carbons (Fsp3) is 0.250. The maximum atomic E-state index is 10.0. The summed E-state index contributed by atoms with van der Waals surface area (Å²) in [6.07, 6.45) is 1.61. The molecule has 0 aliphatic rings. The lowest BCUT2D eigenvalue weighted by Crippen LogP contribution is -2.18. The first-order valence-electron chi connectivity index (χ1n) is 6.53. The van der Waals surface area contributed by atoms with E-state index < -0.39 is 5.60 Å². The molecule has 2 rings (SSSR count). The van der Waals surface area contributed by atoms with Crippen LogP contribution in [0.25, 0.3) is 0 Å². The van der Waals surface area contributed by atoms with E-state index in [0.29, 0.717) is 11.4 Å². The molecule has 0 radical (unpaired) electrons. The maximum absolute atomic E-state index is 10.0. The second kappa shape index (κ2) is 6.26. The number of aromatic nitrogens is 1. The van der Waals surface area contributed by atoms with E-state index in [9.17, 15) is 5.11 Å². The van der Waals surface area contributed by atoms with Gasteiger partial charge in [-0.1, -0.05) is 33.2 Å². The van der Waals surface area contributed by atoms with Crippen LogP contribution in [0.5, 0.6) is 5.75 Å². The van der Waals surface area contributed by atoms with Crippen molar-refractivity contribution in [2.45, 2.75) is 26.4 Å². The molecule has 0 saturated heterocycles. The number of oxime groups is 1. The Hall–Kier alpha value is -1.88. The summed E-state index contributed by atoms with van der Waals surface area (Å²) in [4.78, 5) is 9.73. The summed E-state index contributed by atoms with van der Waals surface area (Å²) < 4.78 is 0.916. The van der Waals surface area contributed by atoms with Gasteiger partial charge in [-0.2, -0.15) is 0 Å². The number of hydrogen-bond donors (Lipinski definition) is 1. The molecule has 2 aromatic rings. The normalized spacial score (nSPS) is 12.3. The predicted octanol–water partition coefficient (Wildman–Crippen LogP) is 4.12. The van der Waals surface area contributed by atoms with Gasteiger partial charge in [0.25, 0.3) is 0 Å². The zero-order valence-electron chi connectivity index (χ0n) is 12.2. The number of nitrogens with zero attached hydrogens (tertiary/aromatic N) is 2. The number of hydrogen-bond acceptors (Lipinski definition) is 4. The Bertz CT molecular complexity index is 663. The highest BCUT2D eigenvalue weighted by Gasteiger charge is 2.17. The molecule has 4 nitrogen and oxygen atoms in total. The van der Waals surface area contributed by atoms with Gasteiger partial charge in [0.1, 0.15) is 22.8 Å². The number of aromatic hydroxyl groups is 1. The van der Waals surface area contributed by atoms with E-state index in [1.165, 1.54) is 0 Å². The van der Waals surface area contributed by atoms with Crippen molar-refractivity contribution in [1.29, 1.82) is 0 Å². The number of pyridine rings is 1. The molecule has 0 fully saturated rings. The van der Waals surface area contributed by atoms with Crippen molar-refractivity contribution in [3.8, 4) is 5.75 Å². The molecule has 0 aliphatic carbocycles. The van der Waals surface area contributed by atoms with Gasteiger partial charge in [-0.05, 0) is 45.0 Å². The molecule has 1 N–H and O–H groups in total. The Labute approximate surface area is 132 Å². The summed E-state index contributed by atoms with van der Waals surface area (Å²) in [7, 11) is 0. The third kappa shape index (κ3) is 4.29. The molecule has 0 unspecified atom stereocenters. The van der Waals surface area contributed by atoms with Gasteiger partial charge in [-0.15, -0.1) is 0 Å². The van der Waals surface area contributed by atoms with E-state index in [2.05, 4.69) is 26.1 Å². The summed E-state index contributed by atoms with van der Waals surface area (Å²) in [5, 5.41) is 14.2. The van der Waals surface area contributed by atoms with Gasteiger partial charge in [0, 0.05) is 16.2 Å². The molecule has 21 heavy (non-hydrogen) atoms. The van der Waals surface area contributed by atoms with Crippen LogP contribution >= 0.6 is 15.9 Å². The number of halogens is 1. The third-order valence-electron chi connectivity index (χ3n) is 2.52. The number of benzene rings is 1. The number of rotatable bonds is 3. The van der Waals surface area contributed by atoms with E-state index in [1.54, 1.807) is 18.3 Å². The SMILES string of the molecule is CC(C)(C)ON=C(c1cccc(Br)c1)c1ncccc1O. The first-order chi connectivity index (χ1) is 9.87. The van der Waals surface area contributed by atoms with Gasteiger partial charge < -0.3 is 9.94 Å². The smallest absolute Gasteiger partial charge is 0.143 e. The lowest BCUT2D eigenvalue weighted by Gasteiger charge is -2.17. The van der Waals surface area contributed by atoms with Gasteiger partial charge in [0.15, 0.2) is 0 Å². The Morgan fingerprint density at radius 3 is 2.62 bits per heavy atom. The molecule has 0 atom stereocenters. The van der Waals surface area contributed by atoms with Crippen molar-refractivity contribution in [2.75, 3.05) is 0 Å². The standard InChI is InChI=1S/C16H17BrN2O2/c1-16(2,3)21-19-14(11-6-4-7-12(17)10-11)15-13(20)8-5-9-18-15/h4-10,20H,1-3H3. The van der Waals surface area contributed by atoms with Gasteiger partial charge in [0.05, 0.1) is 0 Å². The molecule has 5 heteroatoms. The predicted molar refractivity (Wildman–Crippen MR) is 86.5 cm³/mol. The molecule has 1 aromatic heterocycles. The van der Waals surface area contributed by atoms with Crippen molar-refractivity contribution < 1.29 is 9.94 Å². The van der Waals surface area contributed by atoms with Crippen molar-refractivity contribution in [2.24, 2.45) is 5.16 Å². The topological polar surface area (TPSA) is 54.7 Å². The fourth-order valence-electron chi connectivity index (χ4n) is 1.63. The van der Waals surface area contributed by atoms with E-state index >= 15 is 0 Å². The van der Waals surface area contributed by atoms with Gasteiger partial charge in [-0.25, -0.2) is 0 Å². The molecule has 110 valence electrons. The third-order valence-corrected chi connectivity index (χ3v) is 3.01. The molecule has 0 aliphatic heterocycles. The zero-order valence-corrected chi connectivity index (χ0v) is 13.8. The maximum Gasteiger partial charge on any atom is 0.143 e. The minimum atomic E-state index is -0.429. The second-order valence-electron chi connectivity index (χ2n) is 5.53. The quantitative estimate of drug-likeness (QED) is 0.670. The van der Waals surface area contributed by atoms with Crippen LogP contribution < -0.4 is 0 Å². The Morgan fingerprint density at radius 2 is 2.00 bits per heavy atom. The Kier molecular flexibility index (Phi) is 4.63. The highest BCUT2D eigenvalue weighted by Crippen LogP contribution is 2.22. The van der Waals surface area contributed by atoms with Crippen molar-refractivity contribution in [3.05, 3.63) is 58.3 Å². The molecular weight excluding hydrogens is 332 g/mol. The summed E-state index contributed by atoms with van der Waals surface area (Å²) in [6, 6.07) is 10.9. The molecule has 0 spiro atoms. The van der Waals surface area contributed by atoms with Gasteiger partial charge >= 0.3 is 0 Å². The van der Waals surface area contributed by atoms with Crippen LogP contribution in [-0.4, -0.2) is 21.4 Å². The monoisotopic (exact) mass is 348 g/mol. The molecular formula is C16H17BrN2O2. The van der Waals surface area contributed by atoms with Gasteiger partial charge in [-0.3, -0.25) is 4.98 Å². The molecule has 1 heterocycles. The average molecular weight is 349 g/mol. The van der Waals surface area contributed by atoms with Crippen molar-refractivity contribution in [3.63, 3.8) is 0 Å². The van der Waals surface area contributed by atoms with Crippen LogP contribution in [-0.2, 0) is 4.84 Å². The minimum Gasteiger partial charge on any atom is -0.506 e. The molecule has 1 aromatic carbocycles. The average Bonchev–Trinajstić information content (AvgIpc) is 2.40. The van der Waals surface area contributed by atoms with Crippen LogP contribution in [0.15, 0.2) is 52.2 Å². The van der Waals surface area contributed by atoms with E-state index in [0.717, 1.165) is 10.0 Å². The lowest BCUT2D eigenvalue weighted by molar-refractivity contribution is 0.00111. The second-order valence-corrected chi connectivity index (χ2v) is 6.44. The van der Waals surface area contributed by atoms with Crippen molar-refractivity contribution in [1.82, 2.24) is 4.98 Å². The van der Waals surface area contributed by atoms with Crippen LogP contribution in [0.1, 0.15) is 32.0 Å². The Morgan fingerprint density at radius 1 is 1.24 bits per heavy atom. The van der Waals surface area contributed by atoms with Gasteiger partial charge in [0.2, 0.25) is 0 Å². The summed E-state index contributed by atoms with van der Waals surface area (Å²) in [5.74, 6) is 0.0636. The zero-order chi connectivity index (χ0) is 15.5. The van der Waals surface area contributed by atoms with E-state index in [1.807, 2.05) is 45.0 Å². The van der Waals surface area contributed by atoms with Crippen LogP contribution in [0.2, 0.25) is 0 Å². The van der Waals surface area contributed by atoms with Crippen molar-refractivity contribution >= 4 is 21.6 Å². The van der Waals surface area contributed by atoms with Crippen LogP contribution in [0, 0.1) is 0 Å². The van der Waals surface area contributed by atoms with E-state index in [4.69, 9.17) is 4.84 Å². The Balaban J connectivity index is 2.52. The summed E-state index contributed by atoms with van der Waals surface area (Å²) in [5.41, 5.74) is 1.26. The largest absolute Gasteiger partial charge is 0.506 e.